The van der Waals surface area contributed by atoms with Crippen molar-refractivity contribution in [2.45, 2.75) is 6.92 Å². The highest BCUT2D eigenvalue weighted by Crippen LogP contribution is 2.33. The quantitative estimate of drug-likeness (QED) is 0.728. The van der Waals surface area contributed by atoms with Crippen LogP contribution in [0.15, 0.2) is 57.6 Å². The van der Waals surface area contributed by atoms with Gasteiger partial charge in [-0.1, -0.05) is 34.6 Å². The number of rotatable bonds is 2. The average molecular weight is 355 g/mol. The van der Waals surface area contributed by atoms with Crippen molar-refractivity contribution in [1.82, 2.24) is 4.90 Å². The first-order valence-electron chi connectivity index (χ1n) is 5.43. The van der Waals surface area contributed by atoms with E-state index in [-0.39, 0.29) is 0 Å². The minimum absolute atomic E-state index is 0.906. The Hall–Kier alpha value is -0.800. The normalized spacial score (nSPS) is 15.7. The summed E-state index contributed by atoms with van der Waals surface area (Å²) in [5.41, 5.74) is 3.40. The van der Waals surface area contributed by atoms with Gasteiger partial charge >= 0.3 is 0 Å². The van der Waals surface area contributed by atoms with Crippen LogP contribution in [0, 0.1) is 0 Å². The third kappa shape index (κ3) is 2.55. The lowest BCUT2D eigenvalue weighted by Crippen LogP contribution is -2.22. The van der Waals surface area contributed by atoms with Crippen LogP contribution in [-0.2, 0) is 0 Å². The van der Waals surface area contributed by atoms with E-state index in [2.05, 4.69) is 80.6 Å². The summed E-state index contributed by atoms with van der Waals surface area (Å²) in [6.07, 6.45) is 4.16. The number of hydrogen-bond acceptors (Lipinski definition) is 1. The number of hydrogen-bond donors (Lipinski definition) is 0. The van der Waals surface area contributed by atoms with Crippen molar-refractivity contribution in [1.29, 1.82) is 0 Å². The minimum Gasteiger partial charge on any atom is -0.341 e. The summed E-state index contributed by atoms with van der Waals surface area (Å²) >= 11 is 6.97. The molecule has 88 valence electrons. The molecule has 0 radical (unpaired) electrons. The van der Waals surface area contributed by atoms with Gasteiger partial charge in [0.1, 0.15) is 0 Å². The van der Waals surface area contributed by atoms with Crippen LogP contribution in [0.3, 0.4) is 0 Å². The van der Waals surface area contributed by atoms with Crippen LogP contribution in [-0.4, -0.2) is 11.4 Å². The van der Waals surface area contributed by atoms with Crippen molar-refractivity contribution in [3.05, 3.63) is 63.2 Å². The molecule has 17 heavy (non-hydrogen) atoms. The molecule has 0 atom stereocenters. The van der Waals surface area contributed by atoms with E-state index in [0.29, 0.717) is 0 Å². The monoisotopic (exact) mass is 353 g/mol. The molecular formula is C14H13Br2N. The van der Waals surface area contributed by atoms with Crippen molar-refractivity contribution >= 4 is 37.6 Å². The Morgan fingerprint density at radius 2 is 1.76 bits per heavy atom. The second-order valence-corrected chi connectivity index (χ2v) is 5.53. The molecule has 1 aliphatic rings. The molecule has 0 unspecified atom stereocenters. The van der Waals surface area contributed by atoms with Gasteiger partial charge in [0.05, 0.1) is 0 Å². The van der Waals surface area contributed by atoms with Crippen LogP contribution in [0.5, 0.6) is 0 Å². The molecule has 0 fully saturated rings. The molecule has 0 saturated carbocycles. The lowest BCUT2D eigenvalue weighted by Gasteiger charge is -2.30. The summed E-state index contributed by atoms with van der Waals surface area (Å²) in [6, 6.07) is 8.33. The van der Waals surface area contributed by atoms with Gasteiger partial charge in [-0.2, -0.15) is 0 Å². The van der Waals surface area contributed by atoms with Gasteiger partial charge in [-0.05, 0) is 52.7 Å². The molecule has 0 spiro atoms. The van der Waals surface area contributed by atoms with Gasteiger partial charge in [0.25, 0.3) is 0 Å². The Balaban J connectivity index is 2.43. The highest BCUT2D eigenvalue weighted by molar-refractivity contribution is 9.12. The molecule has 0 aromatic heterocycles. The number of halogens is 2. The third-order valence-corrected chi connectivity index (χ3v) is 3.99. The Morgan fingerprint density at radius 3 is 2.35 bits per heavy atom. The Bertz CT molecular complexity index is 497. The molecule has 1 aromatic rings. The predicted octanol–water partition coefficient (Wildman–Crippen LogP) is 4.92. The second-order valence-electron chi connectivity index (χ2n) is 3.76. The standard InChI is InChI=1S/C14H13Br2N/c1-3-17-10(2)13(16)8-9-14(17)11-4-6-12(15)7-5-11/h4-9H,2-3H2,1H3. The van der Waals surface area contributed by atoms with Crippen molar-refractivity contribution in [2.75, 3.05) is 6.54 Å². The molecule has 0 bridgehead atoms. The summed E-state index contributed by atoms with van der Waals surface area (Å²) in [5.74, 6) is 0. The molecule has 1 aromatic carbocycles. The van der Waals surface area contributed by atoms with Crippen molar-refractivity contribution in [2.24, 2.45) is 0 Å². The number of allylic oxidation sites excluding steroid dienone is 3. The van der Waals surface area contributed by atoms with Crippen molar-refractivity contribution < 1.29 is 0 Å². The van der Waals surface area contributed by atoms with Gasteiger partial charge < -0.3 is 4.90 Å². The molecule has 0 N–H and O–H groups in total. The van der Waals surface area contributed by atoms with Crippen LogP contribution in [0.25, 0.3) is 5.70 Å². The number of nitrogens with zero attached hydrogens (tertiary/aromatic N) is 1. The van der Waals surface area contributed by atoms with E-state index in [0.717, 1.165) is 21.2 Å². The maximum atomic E-state index is 4.10. The Labute approximate surface area is 119 Å². The zero-order valence-electron chi connectivity index (χ0n) is 9.58. The van der Waals surface area contributed by atoms with E-state index in [1.54, 1.807) is 0 Å². The van der Waals surface area contributed by atoms with Gasteiger partial charge in [-0.25, -0.2) is 0 Å². The molecule has 0 aliphatic carbocycles. The smallest absolute Gasteiger partial charge is 0.0484 e. The first-order valence-corrected chi connectivity index (χ1v) is 7.02. The van der Waals surface area contributed by atoms with E-state index >= 15 is 0 Å². The maximum Gasteiger partial charge on any atom is 0.0484 e. The highest BCUT2D eigenvalue weighted by atomic mass is 79.9. The Kier molecular flexibility index (Phi) is 3.89. The van der Waals surface area contributed by atoms with E-state index in [1.165, 1.54) is 11.3 Å². The van der Waals surface area contributed by atoms with Crippen LogP contribution < -0.4 is 0 Å². The largest absolute Gasteiger partial charge is 0.341 e. The average Bonchev–Trinajstić information content (AvgIpc) is 2.34. The maximum absolute atomic E-state index is 4.10. The fourth-order valence-electron chi connectivity index (χ4n) is 1.85. The number of likely N-dealkylation sites (N-methyl/N-ethyl adjacent to an activating group) is 1. The van der Waals surface area contributed by atoms with Crippen molar-refractivity contribution in [3.63, 3.8) is 0 Å². The summed E-state index contributed by atoms with van der Waals surface area (Å²) in [4.78, 5) is 2.20. The fourth-order valence-corrected chi connectivity index (χ4v) is 2.46. The molecule has 0 amide bonds. The lowest BCUT2D eigenvalue weighted by atomic mass is 10.1. The molecule has 1 heterocycles. The summed E-state index contributed by atoms with van der Waals surface area (Å²) in [6.45, 7) is 7.14. The van der Waals surface area contributed by atoms with E-state index in [9.17, 15) is 0 Å². The van der Waals surface area contributed by atoms with Gasteiger partial charge in [0.15, 0.2) is 0 Å². The van der Waals surface area contributed by atoms with E-state index < -0.39 is 0 Å². The summed E-state index contributed by atoms with van der Waals surface area (Å²) in [5, 5.41) is 0. The minimum atomic E-state index is 0.906. The predicted molar refractivity (Wildman–Crippen MR) is 80.6 cm³/mol. The topological polar surface area (TPSA) is 3.24 Å². The summed E-state index contributed by atoms with van der Waals surface area (Å²) < 4.78 is 2.14. The first-order chi connectivity index (χ1) is 8.13. The second kappa shape index (κ2) is 5.23. The highest BCUT2D eigenvalue weighted by Gasteiger charge is 2.17. The van der Waals surface area contributed by atoms with E-state index in [4.69, 9.17) is 0 Å². The Morgan fingerprint density at radius 1 is 1.12 bits per heavy atom. The molecule has 3 heteroatoms. The van der Waals surface area contributed by atoms with Gasteiger partial charge in [-0.3, -0.25) is 0 Å². The summed E-state index contributed by atoms with van der Waals surface area (Å²) in [7, 11) is 0. The lowest BCUT2D eigenvalue weighted by molar-refractivity contribution is 0.529. The molecule has 2 rings (SSSR count). The number of benzene rings is 1. The van der Waals surface area contributed by atoms with Crippen LogP contribution in [0.4, 0.5) is 0 Å². The fraction of sp³-hybridized carbons (Fsp3) is 0.143. The molecule has 1 nitrogen and oxygen atoms in total. The van der Waals surface area contributed by atoms with Gasteiger partial charge in [0, 0.05) is 26.9 Å². The van der Waals surface area contributed by atoms with Crippen LogP contribution in [0.2, 0.25) is 0 Å². The van der Waals surface area contributed by atoms with Gasteiger partial charge in [-0.15, -0.1) is 0 Å². The van der Waals surface area contributed by atoms with Crippen molar-refractivity contribution in [3.8, 4) is 0 Å². The van der Waals surface area contributed by atoms with Gasteiger partial charge in [0.2, 0.25) is 0 Å². The van der Waals surface area contributed by atoms with E-state index in [1.807, 2.05) is 6.08 Å². The molecule has 0 saturated heterocycles. The van der Waals surface area contributed by atoms with Crippen LogP contribution >= 0.6 is 31.9 Å². The third-order valence-electron chi connectivity index (χ3n) is 2.74. The SMILES string of the molecule is C=C1C(Br)=CC=C(c2ccc(Br)cc2)N1CC. The zero-order chi connectivity index (χ0) is 12.4. The molecule has 1 aliphatic heterocycles. The first kappa shape index (κ1) is 12.7. The molecular weight excluding hydrogens is 342 g/mol. The zero-order valence-corrected chi connectivity index (χ0v) is 12.8. The van der Waals surface area contributed by atoms with Crippen LogP contribution in [0.1, 0.15) is 12.5 Å².